The number of carbonyl (C=O) groups is 1. The molecule has 1 amide bonds. The molecule has 1 aliphatic heterocycles. The number of hydrogen-bond donors (Lipinski definition) is 6. The fourth-order valence-electron chi connectivity index (χ4n) is 9.39. The Morgan fingerprint density at radius 2 is 0.818 bits per heavy atom. The number of aliphatic hydroxyl groups is 5. The van der Waals surface area contributed by atoms with E-state index < -0.39 is 49.5 Å². The molecule has 0 aromatic rings. The molecular weight excluding hydrogens is 959 g/mol. The van der Waals surface area contributed by atoms with E-state index in [-0.39, 0.29) is 12.5 Å². The first-order valence-corrected chi connectivity index (χ1v) is 31.6. The Kier molecular flexibility index (Phi) is 52.4. The number of ether oxygens (including phenoxy) is 2. The van der Waals surface area contributed by atoms with E-state index >= 15 is 0 Å². The van der Waals surface area contributed by atoms with Crippen molar-refractivity contribution in [2.45, 2.75) is 301 Å². The Morgan fingerprint density at radius 3 is 1.25 bits per heavy atom. The number of hydrogen-bond acceptors (Lipinski definition) is 8. The molecule has 0 saturated carbocycles. The molecule has 0 bridgehead atoms. The van der Waals surface area contributed by atoms with Gasteiger partial charge in [0.05, 0.1) is 25.4 Å². The third-order valence-electron chi connectivity index (χ3n) is 14.3. The minimum Gasteiger partial charge on any atom is -0.394 e. The quantitative estimate of drug-likeness (QED) is 0.0261. The summed E-state index contributed by atoms with van der Waals surface area (Å²) in [5.41, 5.74) is 0. The molecule has 442 valence electrons. The lowest BCUT2D eigenvalue weighted by atomic mass is 9.99. The van der Waals surface area contributed by atoms with Crippen LogP contribution in [0.4, 0.5) is 0 Å². The van der Waals surface area contributed by atoms with Gasteiger partial charge in [0.25, 0.3) is 0 Å². The van der Waals surface area contributed by atoms with Crippen molar-refractivity contribution in [3.63, 3.8) is 0 Å². The summed E-state index contributed by atoms with van der Waals surface area (Å²) in [7, 11) is 0. The second-order valence-corrected chi connectivity index (χ2v) is 21.5. The molecule has 0 aliphatic carbocycles. The van der Waals surface area contributed by atoms with Crippen molar-refractivity contribution in [2.24, 2.45) is 0 Å². The summed E-state index contributed by atoms with van der Waals surface area (Å²) in [6.07, 6.45) is 76.1. The van der Waals surface area contributed by atoms with Gasteiger partial charge in [-0.1, -0.05) is 271 Å². The average Bonchev–Trinajstić information content (AvgIpc) is 3.43. The molecule has 1 fully saturated rings. The average molecular weight is 1080 g/mol. The normalized spacial score (nSPS) is 19.5. The van der Waals surface area contributed by atoms with E-state index in [4.69, 9.17) is 9.47 Å². The van der Waals surface area contributed by atoms with Crippen molar-refractivity contribution >= 4 is 5.91 Å². The van der Waals surface area contributed by atoms with Crippen molar-refractivity contribution in [1.29, 1.82) is 0 Å². The smallest absolute Gasteiger partial charge is 0.220 e. The van der Waals surface area contributed by atoms with Gasteiger partial charge in [-0.3, -0.25) is 4.79 Å². The van der Waals surface area contributed by atoms with Crippen LogP contribution in [0.1, 0.15) is 258 Å². The second kappa shape index (κ2) is 56.1. The Labute approximate surface area is 472 Å². The molecule has 1 aliphatic rings. The maximum absolute atomic E-state index is 13.1. The molecule has 6 N–H and O–H groups in total. The van der Waals surface area contributed by atoms with Crippen LogP contribution in [0.15, 0.2) is 109 Å². The van der Waals surface area contributed by atoms with E-state index in [0.717, 1.165) is 83.5 Å². The van der Waals surface area contributed by atoms with Crippen LogP contribution in [0.3, 0.4) is 0 Å². The molecule has 1 heterocycles. The third-order valence-corrected chi connectivity index (χ3v) is 14.3. The molecule has 9 heteroatoms. The first-order chi connectivity index (χ1) is 37.8. The first-order valence-electron chi connectivity index (χ1n) is 31.6. The molecule has 0 aromatic carbocycles. The van der Waals surface area contributed by atoms with Gasteiger partial charge in [0.2, 0.25) is 5.91 Å². The van der Waals surface area contributed by atoms with E-state index in [1.807, 2.05) is 6.08 Å². The van der Waals surface area contributed by atoms with Crippen molar-refractivity contribution in [3.05, 3.63) is 109 Å². The van der Waals surface area contributed by atoms with E-state index in [1.54, 1.807) is 6.08 Å². The molecule has 7 unspecified atom stereocenters. The maximum atomic E-state index is 13.1. The van der Waals surface area contributed by atoms with Gasteiger partial charge in [0.15, 0.2) is 6.29 Å². The molecule has 0 radical (unpaired) electrons. The van der Waals surface area contributed by atoms with Gasteiger partial charge in [0, 0.05) is 6.42 Å². The highest BCUT2D eigenvalue weighted by Crippen LogP contribution is 2.23. The monoisotopic (exact) mass is 1080 g/mol. The van der Waals surface area contributed by atoms with Crippen molar-refractivity contribution in [1.82, 2.24) is 5.32 Å². The molecule has 0 aromatic heterocycles. The molecule has 77 heavy (non-hydrogen) atoms. The van der Waals surface area contributed by atoms with Gasteiger partial charge in [0.1, 0.15) is 24.4 Å². The van der Waals surface area contributed by atoms with Gasteiger partial charge >= 0.3 is 0 Å². The Bertz CT molecular complexity index is 1580. The minimum atomic E-state index is -1.58. The number of allylic oxidation sites excluding steroid dienone is 17. The number of carbonyl (C=O) groups excluding carboxylic acids is 1. The summed E-state index contributed by atoms with van der Waals surface area (Å²) in [5, 5.41) is 54.5. The van der Waals surface area contributed by atoms with Gasteiger partial charge < -0.3 is 40.3 Å². The molecule has 0 spiro atoms. The maximum Gasteiger partial charge on any atom is 0.220 e. The summed E-state index contributed by atoms with van der Waals surface area (Å²) in [5.74, 6) is -0.188. The molecular formula is C68H117NO8. The SMILES string of the molecule is CC/C=C\C/C=C\C/C=C\C/C=C\C/C=C\C/C=C\C/C=C\CCCCCCCCCCCCCCCCCCCC(=O)NC(COC1OC(CO)C(O)C(O)C1O)C(O)/C=C/CC/C=C/CCCCCCCCCCC. The van der Waals surface area contributed by atoms with Gasteiger partial charge in [-0.25, -0.2) is 0 Å². The summed E-state index contributed by atoms with van der Waals surface area (Å²) in [6.45, 7) is 3.65. The summed E-state index contributed by atoms with van der Waals surface area (Å²) < 4.78 is 11.3. The van der Waals surface area contributed by atoms with Crippen molar-refractivity contribution < 1.29 is 39.8 Å². The van der Waals surface area contributed by atoms with Crippen LogP contribution in [0, 0.1) is 0 Å². The zero-order valence-electron chi connectivity index (χ0n) is 49.2. The number of aliphatic hydroxyl groups excluding tert-OH is 5. The fraction of sp³-hybridized carbons (Fsp3) is 0.721. The Balaban J connectivity index is 2.11. The van der Waals surface area contributed by atoms with Gasteiger partial charge in [-0.05, 0) is 89.9 Å². The van der Waals surface area contributed by atoms with E-state index in [9.17, 15) is 30.3 Å². The van der Waals surface area contributed by atoms with E-state index in [0.29, 0.717) is 6.42 Å². The lowest BCUT2D eigenvalue weighted by molar-refractivity contribution is -0.302. The fourth-order valence-corrected chi connectivity index (χ4v) is 9.39. The Hall–Kier alpha value is -3.15. The lowest BCUT2D eigenvalue weighted by Gasteiger charge is -2.40. The molecule has 1 saturated heterocycles. The molecule has 1 rings (SSSR count). The highest BCUT2D eigenvalue weighted by atomic mass is 16.7. The second-order valence-electron chi connectivity index (χ2n) is 21.5. The number of rotatable bonds is 53. The van der Waals surface area contributed by atoms with Crippen LogP contribution in [-0.2, 0) is 14.3 Å². The lowest BCUT2D eigenvalue weighted by Crippen LogP contribution is -2.60. The summed E-state index contributed by atoms with van der Waals surface area (Å²) >= 11 is 0. The van der Waals surface area contributed by atoms with Crippen molar-refractivity contribution in [3.8, 4) is 0 Å². The van der Waals surface area contributed by atoms with E-state index in [2.05, 4.69) is 116 Å². The largest absolute Gasteiger partial charge is 0.394 e. The standard InChI is InChI=1S/C68H117NO8/c1-3-5-7-9-11-13-15-17-19-20-21-22-23-24-25-26-27-28-29-30-31-32-33-34-35-36-37-38-39-40-41-42-44-46-48-50-52-54-56-58-64(72)69-61(60-76-68-67(75)66(74)65(73)63(59-70)77-68)62(71)57-55-53-51-49-47-45-43-18-16-14-12-10-8-6-4-2/h5,7,11,13,17,19,21-22,24-25,27-28,30-31,47,49,55,57,61-63,65-68,70-71,73-75H,3-4,6,8-10,12,14-16,18,20,23,26,29,32-46,48,50-54,56,58-60H2,1-2H3,(H,69,72)/b7-5-,13-11-,19-17-,22-21-,25-24-,28-27-,31-30-,49-47+,57-55+. The van der Waals surface area contributed by atoms with Crippen LogP contribution in [0.2, 0.25) is 0 Å². The highest BCUT2D eigenvalue weighted by Gasteiger charge is 2.44. The highest BCUT2D eigenvalue weighted by molar-refractivity contribution is 5.76. The van der Waals surface area contributed by atoms with Crippen molar-refractivity contribution in [2.75, 3.05) is 13.2 Å². The van der Waals surface area contributed by atoms with Crippen LogP contribution >= 0.6 is 0 Å². The first kappa shape index (κ1) is 71.9. The Morgan fingerprint density at radius 1 is 0.455 bits per heavy atom. The van der Waals surface area contributed by atoms with E-state index in [1.165, 1.54) is 154 Å². The van der Waals surface area contributed by atoms with Crippen LogP contribution < -0.4 is 5.32 Å². The predicted octanol–water partition coefficient (Wildman–Crippen LogP) is 16.5. The molecule has 9 nitrogen and oxygen atoms in total. The zero-order valence-corrected chi connectivity index (χ0v) is 49.2. The minimum absolute atomic E-state index is 0.188. The third kappa shape index (κ3) is 45.3. The summed E-state index contributed by atoms with van der Waals surface area (Å²) in [4.78, 5) is 13.1. The predicted molar refractivity (Wildman–Crippen MR) is 327 cm³/mol. The number of nitrogens with one attached hydrogen (secondary N) is 1. The van der Waals surface area contributed by atoms with Crippen LogP contribution in [0.25, 0.3) is 0 Å². The van der Waals surface area contributed by atoms with Gasteiger partial charge in [-0.15, -0.1) is 0 Å². The molecule has 7 atom stereocenters. The van der Waals surface area contributed by atoms with Crippen LogP contribution in [0.5, 0.6) is 0 Å². The topological polar surface area (TPSA) is 149 Å². The van der Waals surface area contributed by atoms with Crippen LogP contribution in [-0.4, -0.2) is 87.5 Å². The summed E-state index contributed by atoms with van der Waals surface area (Å²) in [6, 6.07) is -0.826. The number of amides is 1. The number of unbranched alkanes of at least 4 members (excludes halogenated alkanes) is 27. The van der Waals surface area contributed by atoms with Gasteiger partial charge in [-0.2, -0.15) is 0 Å². The zero-order chi connectivity index (χ0) is 55.8.